The highest BCUT2D eigenvalue weighted by Crippen LogP contribution is 2.48. The number of allylic oxidation sites excluding steroid dienone is 1. The molecule has 2 aliphatic rings. The topological polar surface area (TPSA) is 94.2 Å². The van der Waals surface area contributed by atoms with Crippen molar-refractivity contribution in [2.24, 2.45) is 0 Å². The molecule has 1 amide bonds. The first-order chi connectivity index (χ1) is 20.9. The number of esters is 1. The van der Waals surface area contributed by atoms with Crippen LogP contribution in [-0.4, -0.2) is 39.0 Å². The van der Waals surface area contributed by atoms with E-state index in [1.54, 1.807) is 31.3 Å². The summed E-state index contributed by atoms with van der Waals surface area (Å²) in [7, 11) is 4.53. The van der Waals surface area contributed by atoms with E-state index in [1.807, 2.05) is 54.6 Å². The number of fused-ring (bicyclic) bond motifs is 1. The minimum atomic E-state index is -0.661. The first-order valence-corrected chi connectivity index (χ1v) is 14.7. The van der Waals surface area contributed by atoms with Crippen molar-refractivity contribution in [3.63, 3.8) is 0 Å². The van der Waals surface area contributed by atoms with Crippen molar-refractivity contribution in [3.8, 4) is 11.5 Å². The molecule has 1 aliphatic heterocycles. The number of hydrogen-bond acceptors (Lipinski definition) is 7. The molecule has 0 spiro atoms. The lowest BCUT2D eigenvalue weighted by molar-refractivity contribution is -0.119. The number of unbranched alkanes of at least 4 members (excludes halogenated alkanes) is 2. The summed E-state index contributed by atoms with van der Waals surface area (Å²) in [5.74, 6) is 0.614. The van der Waals surface area contributed by atoms with Crippen LogP contribution in [0, 0.1) is 0 Å². The van der Waals surface area contributed by atoms with Gasteiger partial charge in [-0.3, -0.25) is 14.5 Å². The first kappa shape index (κ1) is 29.9. The fourth-order valence-corrected chi connectivity index (χ4v) is 6.09. The van der Waals surface area contributed by atoms with Gasteiger partial charge < -0.3 is 19.5 Å². The second kappa shape index (κ2) is 13.2. The Morgan fingerprint density at radius 3 is 2.30 bits per heavy atom. The highest BCUT2D eigenvalue weighted by atomic mass is 16.5. The van der Waals surface area contributed by atoms with Gasteiger partial charge in [0, 0.05) is 24.1 Å². The number of anilines is 2. The van der Waals surface area contributed by atoms with Gasteiger partial charge in [0.15, 0.2) is 17.3 Å². The molecular weight excluding hydrogens is 544 g/mol. The molecule has 5 rings (SSSR count). The summed E-state index contributed by atoms with van der Waals surface area (Å²) in [6.07, 6.45) is 3.91. The summed E-state index contributed by atoms with van der Waals surface area (Å²) < 4.78 is 15.9. The van der Waals surface area contributed by atoms with E-state index in [1.165, 1.54) is 7.11 Å². The number of hydrogen-bond donors (Lipinski definition) is 1. The van der Waals surface area contributed by atoms with Gasteiger partial charge in [0.1, 0.15) is 0 Å². The number of nitrogens with zero attached hydrogens (tertiary/aromatic N) is 1. The van der Waals surface area contributed by atoms with Crippen molar-refractivity contribution in [3.05, 3.63) is 94.7 Å². The molecule has 3 aromatic rings. The SMILES string of the molecule is CCCCCC(=O)N1c2ccccc2NC2=C(C(=O)CC(c3ccc(OC)c(OC)c3)C2)C1c1ccc(C(=O)OC)cc1. The van der Waals surface area contributed by atoms with Crippen LogP contribution in [0.3, 0.4) is 0 Å². The number of ether oxygens (including phenoxy) is 3. The summed E-state index contributed by atoms with van der Waals surface area (Å²) in [6.45, 7) is 2.11. The molecule has 0 bridgehead atoms. The summed E-state index contributed by atoms with van der Waals surface area (Å²) in [5.41, 5.74) is 4.97. The lowest BCUT2D eigenvalue weighted by atomic mass is 9.78. The van der Waals surface area contributed by atoms with Crippen LogP contribution in [0.5, 0.6) is 11.5 Å². The Morgan fingerprint density at radius 2 is 1.60 bits per heavy atom. The predicted molar refractivity (Wildman–Crippen MR) is 166 cm³/mol. The van der Waals surface area contributed by atoms with Crippen LogP contribution in [-0.2, 0) is 14.3 Å². The molecule has 8 nitrogen and oxygen atoms in total. The van der Waals surface area contributed by atoms with Crippen LogP contribution >= 0.6 is 0 Å². The van der Waals surface area contributed by atoms with E-state index in [-0.39, 0.29) is 24.0 Å². The third kappa shape index (κ3) is 6.00. The van der Waals surface area contributed by atoms with Gasteiger partial charge in [-0.15, -0.1) is 0 Å². The molecule has 0 radical (unpaired) electrons. The normalized spacial score (nSPS) is 17.8. The van der Waals surface area contributed by atoms with Crippen LogP contribution in [0.2, 0.25) is 0 Å². The second-order valence-electron chi connectivity index (χ2n) is 10.9. The number of ketones is 1. The monoisotopic (exact) mass is 582 g/mol. The Kier molecular flexibility index (Phi) is 9.14. The molecule has 43 heavy (non-hydrogen) atoms. The standard InChI is InChI=1S/C35H38N2O6/c1-5-6-7-12-32(39)37-28-11-9-8-10-26(28)36-27-19-25(24-17-18-30(41-2)31(21-24)42-3)20-29(38)33(27)34(37)22-13-15-23(16-14-22)35(40)43-4/h8-11,13-18,21,25,34,36H,5-7,12,19-20H2,1-4H3. The zero-order valence-corrected chi connectivity index (χ0v) is 25.1. The van der Waals surface area contributed by atoms with Gasteiger partial charge in [-0.1, -0.05) is 50.1 Å². The molecule has 3 aromatic carbocycles. The van der Waals surface area contributed by atoms with Crippen LogP contribution in [0.15, 0.2) is 78.0 Å². The molecule has 1 heterocycles. The van der Waals surface area contributed by atoms with Crippen molar-refractivity contribution in [1.29, 1.82) is 0 Å². The van der Waals surface area contributed by atoms with Gasteiger partial charge in [0.2, 0.25) is 5.91 Å². The molecule has 0 saturated heterocycles. The summed E-state index contributed by atoms with van der Waals surface area (Å²) >= 11 is 0. The highest BCUT2D eigenvalue weighted by molar-refractivity contribution is 6.06. The zero-order valence-electron chi connectivity index (χ0n) is 25.1. The number of methoxy groups -OCH3 is 3. The van der Waals surface area contributed by atoms with E-state index in [4.69, 9.17) is 14.2 Å². The van der Waals surface area contributed by atoms with Gasteiger partial charge in [-0.05, 0) is 66.3 Å². The maximum absolute atomic E-state index is 14.3. The van der Waals surface area contributed by atoms with E-state index in [0.717, 1.165) is 47.5 Å². The number of carbonyl (C=O) groups is 3. The van der Waals surface area contributed by atoms with Crippen LogP contribution < -0.4 is 19.7 Å². The molecule has 0 aromatic heterocycles. The van der Waals surface area contributed by atoms with Gasteiger partial charge in [0.25, 0.3) is 0 Å². The lowest BCUT2D eigenvalue weighted by Crippen LogP contribution is -2.38. The van der Waals surface area contributed by atoms with Crippen LogP contribution in [0.25, 0.3) is 0 Å². The quantitative estimate of drug-likeness (QED) is 0.215. The molecule has 1 N–H and O–H groups in total. The van der Waals surface area contributed by atoms with Gasteiger partial charge in [-0.2, -0.15) is 0 Å². The third-order valence-electron chi connectivity index (χ3n) is 8.28. The maximum atomic E-state index is 14.3. The van der Waals surface area contributed by atoms with Crippen LogP contribution in [0.4, 0.5) is 11.4 Å². The first-order valence-electron chi connectivity index (χ1n) is 14.7. The Hall–Kier alpha value is -4.59. The van der Waals surface area contributed by atoms with Crippen molar-refractivity contribution >= 4 is 29.0 Å². The molecule has 224 valence electrons. The van der Waals surface area contributed by atoms with Crippen molar-refractivity contribution < 1.29 is 28.6 Å². The number of rotatable bonds is 9. The number of nitrogens with one attached hydrogen (secondary N) is 1. The number of benzene rings is 3. The average Bonchev–Trinajstić information content (AvgIpc) is 3.19. The Morgan fingerprint density at radius 1 is 0.884 bits per heavy atom. The molecule has 2 atom stereocenters. The fourth-order valence-electron chi connectivity index (χ4n) is 6.09. The van der Waals surface area contributed by atoms with Crippen molar-refractivity contribution in [2.45, 2.75) is 57.4 Å². The van der Waals surface area contributed by atoms with E-state index in [9.17, 15) is 14.4 Å². The van der Waals surface area contributed by atoms with E-state index in [0.29, 0.717) is 35.5 Å². The number of carbonyl (C=O) groups excluding carboxylic acids is 3. The fraction of sp³-hybridized carbons (Fsp3) is 0.343. The smallest absolute Gasteiger partial charge is 0.337 e. The Balaban J connectivity index is 1.64. The number of amides is 1. The Bertz CT molecular complexity index is 1540. The molecular formula is C35H38N2O6. The second-order valence-corrected chi connectivity index (χ2v) is 10.9. The summed E-state index contributed by atoms with van der Waals surface area (Å²) in [5, 5.41) is 3.57. The molecule has 0 fully saturated rings. The lowest BCUT2D eigenvalue weighted by Gasteiger charge is -2.35. The minimum absolute atomic E-state index is 0.0326. The summed E-state index contributed by atoms with van der Waals surface area (Å²) in [6, 6.07) is 19.8. The summed E-state index contributed by atoms with van der Waals surface area (Å²) in [4.78, 5) is 42.3. The van der Waals surface area contributed by atoms with Crippen molar-refractivity contribution in [1.82, 2.24) is 0 Å². The zero-order chi connectivity index (χ0) is 30.5. The molecule has 8 heteroatoms. The van der Waals surface area contributed by atoms with E-state index in [2.05, 4.69) is 12.2 Å². The van der Waals surface area contributed by atoms with Crippen molar-refractivity contribution in [2.75, 3.05) is 31.5 Å². The van der Waals surface area contributed by atoms with Gasteiger partial charge in [0.05, 0.1) is 44.3 Å². The number of Topliss-reactive ketones (excluding diaryl/α,β-unsaturated/α-hetero) is 1. The van der Waals surface area contributed by atoms with Gasteiger partial charge >= 0.3 is 5.97 Å². The number of para-hydroxylation sites is 2. The van der Waals surface area contributed by atoms with Gasteiger partial charge in [-0.25, -0.2) is 4.79 Å². The highest BCUT2D eigenvalue weighted by Gasteiger charge is 2.41. The van der Waals surface area contributed by atoms with E-state index < -0.39 is 12.0 Å². The molecule has 2 unspecified atom stereocenters. The largest absolute Gasteiger partial charge is 0.493 e. The maximum Gasteiger partial charge on any atom is 0.337 e. The van der Waals surface area contributed by atoms with E-state index >= 15 is 0 Å². The Labute approximate surface area is 252 Å². The minimum Gasteiger partial charge on any atom is -0.493 e. The molecule has 1 aliphatic carbocycles. The predicted octanol–water partition coefficient (Wildman–Crippen LogP) is 6.97. The average molecular weight is 583 g/mol. The third-order valence-corrected chi connectivity index (χ3v) is 8.28. The van der Waals surface area contributed by atoms with Crippen LogP contribution in [0.1, 0.15) is 78.9 Å². The molecule has 0 saturated carbocycles.